The van der Waals surface area contributed by atoms with Gasteiger partial charge in [-0.15, -0.1) is 0 Å². The highest BCUT2D eigenvalue weighted by molar-refractivity contribution is 5.88. The molecule has 3 rings (SSSR count). The Morgan fingerprint density at radius 2 is 2.17 bits per heavy atom. The smallest absolute Gasteiger partial charge is 0.335 e. The lowest BCUT2D eigenvalue weighted by molar-refractivity contribution is -0.144. The van der Waals surface area contributed by atoms with E-state index in [1.165, 1.54) is 7.11 Å². The van der Waals surface area contributed by atoms with Crippen LogP contribution < -0.4 is 0 Å². The van der Waals surface area contributed by atoms with Crippen LogP contribution in [0.25, 0.3) is 0 Å². The first-order valence-electron chi connectivity index (χ1n) is 8.28. The van der Waals surface area contributed by atoms with Crippen molar-refractivity contribution in [3.8, 4) is 0 Å². The number of carbonyl (C=O) groups excluding carboxylic acids is 1. The van der Waals surface area contributed by atoms with Crippen LogP contribution in [0.4, 0.5) is 0 Å². The fourth-order valence-corrected chi connectivity index (χ4v) is 3.48. The van der Waals surface area contributed by atoms with Crippen LogP contribution in [-0.2, 0) is 20.8 Å². The van der Waals surface area contributed by atoms with Gasteiger partial charge in [0.25, 0.3) is 0 Å². The molecule has 6 heteroatoms. The number of aliphatic hydroxyl groups is 1. The minimum Gasteiger partial charge on any atom is -0.466 e. The van der Waals surface area contributed by atoms with Gasteiger partial charge in [0.1, 0.15) is 6.17 Å². The zero-order chi connectivity index (χ0) is 16.9. The van der Waals surface area contributed by atoms with Gasteiger partial charge in [-0.1, -0.05) is 30.3 Å². The molecule has 24 heavy (non-hydrogen) atoms. The van der Waals surface area contributed by atoms with Crippen molar-refractivity contribution >= 4 is 5.97 Å². The van der Waals surface area contributed by atoms with Crippen molar-refractivity contribution in [1.82, 2.24) is 9.80 Å². The van der Waals surface area contributed by atoms with Crippen molar-refractivity contribution in [2.24, 2.45) is 0 Å². The van der Waals surface area contributed by atoms with Gasteiger partial charge in [0.2, 0.25) is 0 Å². The first kappa shape index (κ1) is 17.0. The van der Waals surface area contributed by atoms with E-state index >= 15 is 0 Å². The van der Waals surface area contributed by atoms with E-state index in [2.05, 4.69) is 21.9 Å². The highest BCUT2D eigenvalue weighted by Gasteiger charge is 2.40. The van der Waals surface area contributed by atoms with Crippen molar-refractivity contribution in [3.63, 3.8) is 0 Å². The van der Waals surface area contributed by atoms with E-state index in [9.17, 15) is 9.90 Å². The third-order valence-corrected chi connectivity index (χ3v) is 4.54. The van der Waals surface area contributed by atoms with Crippen molar-refractivity contribution < 1.29 is 19.4 Å². The summed E-state index contributed by atoms with van der Waals surface area (Å²) in [5.74, 6) is -0.311. The molecular weight excluding hydrogens is 308 g/mol. The van der Waals surface area contributed by atoms with Gasteiger partial charge in [-0.3, -0.25) is 4.90 Å². The van der Waals surface area contributed by atoms with Gasteiger partial charge < -0.3 is 19.5 Å². The minimum absolute atomic E-state index is 0.0134. The Kier molecular flexibility index (Phi) is 5.50. The van der Waals surface area contributed by atoms with Gasteiger partial charge >= 0.3 is 5.97 Å². The molecule has 0 saturated carbocycles. The molecule has 0 unspecified atom stereocenters. The lowest BCUT2D eigenvalue weighted by atomic mass is 9.98. The Hall–Kier alpha value is -1.89. The predicted octanol–water partition coefficient (Wildman–Crippen LogP) is 0.968. The van der Waals surface area contributed by atoms with Crippen molar-refractivity contribution in [2.75, 3.05) is 33.4 Å². The van der Waals surface area contributed by atoms with Gasteiger partial charge in [0.15, 0.2) is 0 Å². The summed E-state index contributed by atoms with van der Waals surface area (Å²) in [4.78, 5) is 16.4. The largest absolute Gasteiger partial charge is 0.466 e. The van der Waals surface area contributed by atoms with E-state index in [0.29, 0.717) is 31.7 Å². The van der Waals surface area contributed by atoms with Gasteiger partial charge in [-0.05, 0) is 5.56 Å². The number of β-amino-alcohol motifs (C(OH)–C–C–N with tert-alkyl or cyclic N) is 1. The van der Waals surface area contributed by atoms with Crippen molar-refractivity contribution in [3.05, 3.63) is 47.7 Å². The van der Waals surface area contributed by atoms with Crippen LogP contribution >= 0.6 is 0 Å². The molecular formula is C18H24N2O4. The number of nitrogens with zero attached hydrogens (tertiary/aromatic N) is 2. The number of carbonyl (C=O) groups is 1. The van der Waals surface area contributed by atoms with Crippen LogP contribution in [0, 0.1) is 0 Å². The number of esters is 1. The molecule has 1 N–H and O–H groups in total. The predicted molar refractivity (Wildman–Crippen MR) is 88.9 cm³/mol. The average Bonchev–Trinajstić information content (AvgIpc) is 2.62. The molecule has 1 aromatic carbocycles. The maximum Gasteiger partial charge on any atom is 0.335 e. The number of morpholine rings is 1. The number of hydrogen-bond donors (Lipinski definition) is 1. The van der Waals surface area contributed by atoms with Crippen LogP contribution in [0.5, 0.6) is 0 Å². The summed E-state index contributed by atoms with van der Waals surface area (Å²) >= 11 is 0. The summed E-state index contributed by atoms with van der Waals surface area (Å²) < 4.78 is 10.8. The lowest BCUT2D eigenvalue weighted by Gasteiger charge is -2.49. The Bertz CT molecular complexity index is 588. The second-order valence-corrected chi connectivity index (χ2v) is 6.09. The van der Waals surface area contributed by atoms with E-state index in [1.807, 2.05) is 24.4 Å². The lowest BCUT2D eigenvalue weighted by Crippen LogP contribution is -2.60. The number of ether oxygens (including phenoxy) is 2. The summed E-state index contributed by atoms with van der Waals surface area (Å²) in [7, 11) is 1.40. The number of hydrogen-bond acceptors (Lipinski definition) is 6. The maximum absolute atomic E-state index is 12.0. The van der Waals surface area contributed by atoms with E-state index in [-0.39, 0.29) is 24.8 Å². The molecule has 1 fully saturated rings. The molecule has 2 atom stereocenters. The summed E-state index contributed by atoms with van der Waals surface area (Å²) in [5, 5.41) is 9.37. The normalized spacial score (nSPS) is 24.2. The van der Waals surface area contributed by atoms with Crippen LogP contribution in [0.3, 0.4) is 0 Å². The number of fused-ring (bicyclic) bond motifs is 1. The third kappa shape index (κ3) is 3.61. The molecule has 0 aromatic heterocycles. The Morgan fingerprint density at radius 1 is 1.38 bits per heavy atom. The molecule has 2 aliphatic rings. The molecule has 1 saturated heterocycles. The fraction of sp³-hybridized carbons (Fsp3) is 0.500. The van der Waals surface area contributed by atoms with Gasteiger partial charge in [-0.2, -0.15) is 0 Å². The summed E-state index contributed by atoms with van der Waals surface area (Å²) in [6.07, 6.45) is 2.33. The Balaban J connectivity index is 1.89. The van der Waals surface area contributed by atoms with E-state index < -0.39 is 0 Å². The monoisotopic (exact) mass is 332 g/mol. The molecule has 130 valence electrons. The summed E-state index contributed by atoms with van der Waals surface area (Å²) in [6, 6.07) is 10.1. The average molecular weight is 332 g/mol. The number of rotatable bonds is 5. The summed E-state index contributed by atoms with van der Waals surface area (Å²) in [6.45, 7) is 2.75. The second kappa shape index (κ2) is 7.79. The Labute approximate surface area is 142 Å². The highest BCUT2D eigenvalue weighted by Crippen LogP contribution is 2.30. The molecule has 0 bridgehead atoms. The second-order valence-electron chi connectivity index (χ2n) is 6.09. The molecule has 6 nitrogen and oxygen atoms in total. The summed E-state index contributed by atoms with van der Waals surface area (Å²) in [5.41, 5.74) is 1.79. The minimum atomic E-state index is -0.311. The SMILES string of the molecule is COC(=O)C1=CN(Cc2ccccc2)[C@H]2[C@@H](C1)OCCN2CCO. The fourth-order valence-electron chi connectivity index (χ4n) is 3.48. The van der Waals surface area contributed by atoms with E-state index in [0.717, 1.165) is 12.1 Å². The van der Waals surface area contributed by atoms with Crippen molar-refractivity contribution in [2.45, 2.75) is 25.2 Å². The standard InChI is InChI=1S/C18H24N2O4/c1-23-18(22)15-11-16-17(19(7-9-21)8-10-24-16)20(13-15)12-14-5-3-2-4-6-14/h2-6,13,16-17,21H,7-12H2,1H3/t16-,17+/m1/s1. The molecule has 1 aromatic rings. The topological polar surface area (TPSA) is 62.2 Å². The van der Waals surface area contributed by atoms with Gasteiger partial charge in [-0.25, -0.2) is 4.79 Å². The number of aliphatic hydroxyl groups excluding tert-OH is 1. The molecule has 0 aliphatic carbocycles. The highest BCUT2D eigenvalue weighted by atomic mass is 16.5. The van der Waals surface area contributed by atoms with E-state index in [4.69, 9.17) is 9.47 Å². The quantitative estimate of drug-likeness (QED) is 0.811. The van der Waals surface area contributed by atoms with Crippen molar-refractivity contribution in [1.29, 1.82) is 0 Å². The van der Waals surface area contributed by atoms with Gasteiger partial charge in [0.05, 0.1) is 32.0 Å². The first-order chi connectivity index (χ1) is 11.7. The molecule has 0 spiro atoms. The number of benzene rings is 1. The van der Waals surface area contributed by atoms with E-state index in [1.54, 1.807) is 0 Å². The molecule has 0 radical (unpaired) electrons. The van der Waals surface area contributed by atoms with Crippen LogP contribution in [-0.4, -0.2) is 66.6 Å². The Morgan fingerprint density at radius 3 is 2.88 bits per heavy atom. The zero-order valence-electron chi connectivity index (χ0n) is 13.9. The molecule has 2 aliphatic heterocycles. The zero-order valence-corrected chi connectivity index (χ0v) is 13.9. The first-order valence-corrected chi connectivity index (χ1v) is 8.28. The third-order valence-electron chi connectivity index (χ3n) is 4.54. The molecule has 2 heterocycles. The number of methoxy groups -OCH3 is 1. The van der Waals surface area contributed by atoms with Gasteiger partial charge in [0, 0.05) is 32.3 Å². The van der Waals surface area contributed by atoms with Crippen LogP contribution in [0.15, 0.2) is 42.1 Å². The molecule has 0 amide bonds. The maximum atomic E-state index is 12.0. The van der Waals surface area contributed by atoms with Crippen LogP contribution in [0.1, 0.15) is 12.0 Å². The van der Waals surface area contributed by atoms with Crippen LogP contribution in [0.2, 0.25) is 0 Å².